The van der Waals surface area contributed by atoms with Crippen molar-refractivity contribution in [3.63, 3.8) is 0 Å². The molecule has 0 radical (unpaired) electrons. The van der Waals surface area contributed by atoms with E-state index in [-0.39, 0.29) is 5.25 Å². The maximum atomic E-state index is 11.8. The molecule has 2 N–H and O–H groups in total. The second-order valence-electron chi connectivity index (χ2n) is 4.82. The molecule has 6 nitrogen and oxygen atoms in total. The summed E-state index contributed by atoms with van der Waals surface area (Å²) in [6, 6.07) is 0. The summed E-state index contributed by atoms with van der Waals surface area (Å²) in [6.45, 7) is 3.30. The van der Waals surface area contributed by atoms with Crippen molar-refractivity contribution in [2.75, 3.05) is 29.5 Å². The van der Waals surface area contributed by atoms with Crippen molar-refractivity contribution in [2.45, 2.75) is 31.4 Å². The fourth-order valence-corrected chi connectivity index (χ4v) is 4.41. The van der Waals surface area contributed by atoms with Crippen molar-refractivity contribution in [3.05, 3.63) is 10.8 Å². The number of hydrogen-bond acceptors (Lipinski definition) is 6. The molecule has 1 atom stereocenters. The van der Waals surface area contributed by atoms with Crippen LogP contribution in [0.3, 0.4) is 0 Å². The van der Waals surface area contributed by atoms with Crippen LogP contribution in [0.4, 0.5) is 11.6 Å². The predicted molar refractivity (Wildman–Crippen MR) is 83.8 cm³/mol. The third-order valence-electron chi connectivity index (χ3n) is 3.29. The van der Waals surface area contributed by atoms with E-state index in [2.05, 4.69) is 43.5 Å². The first kappa shape index (κ1) is 15.5. The molecule has 0 aliphatic carbocycles. The minimum Gasteiger partial charge on any atom is -0.369 e. The van der Waals surface area contributed by atoms with E-state index in [4.69, 9.17) is 0 Å². The molecule has 0 bridgehead atoms. The molecule has 0 saturated carbocycles. The number of nitrogens with zero attached hydrogens (tertiary/aromatic N) is 2. The van der Waals surface area contributed by atoms with Gasteiger partial charge in [0.2, 0.25) is 0 Å². The fraction of sp³-hybridized carbons (Fsp3) is 0.667. The summed E-state index contributed by atoms with van der Waals surface area (Å²) < 4.78 is 24.3. The first-order valence-corrected chi connectivity index (χ1v) is 9.25. The summed E-state index contributed by atoms with van der Waals surface area (Å²) in [6.07, 6.45) is 3.94. The Morgan fingerprint density at radius 2 is 2.05 bits per heavy atom. The van der Waals surface area contributed by atoms with Gasteiger partial charge in [-0.1, -0.05) is 6.92 Å². The maximum absolute atomic E-state index is 11.8. The highest BCUT2D eigenvalue weighted by atomic mass is 79.9. The van der Waals surface area contributed by atoms with E-state index in [1.54, 1.807) is 0 Å². The Balaban J connectivity index is 2.03. The molecule has 2 rings (SSSR count). The molecular weight excluding hydrogens is 344 g/mol. The molecule has 112 valence electrons. The largest absolute Gasteiger partial charge is 0.369 e. The van der Waals surface area contributed by atoms with Crippen LogP contribution in [0.15, 0.2) is 10.8 Å². The fourth-order valence-electron chi connectivity index (χ4n) is 2.16. The monoisotopic (exact) mass is 362 g/mol. The molecule has 1 aliphatic heterocycles. The summed E-state index contributed by atoms with van der Waals surface area (Å²) >= 11 is 3.45. The number of nitrogens with one attached hydrogen (secondary N) is 2. The maximum Gasteiger partial charge on any atom is 0.154 e. The average Bonchev–Trinajstić information content (AvgIpc) is 2.75. The lowest BCUT2D eigenvalue weighted by Gasteiger charge is -2.14. The van der Waals surface area contributed by atoms with Crippen molar-refractivity contribution < 1.29 is 8.42 Å². The van der Waals surface area contributed by atoms with Gasteiger partial charge in [-0.25, -0.2) is 18.4 Å². The van der Waals surface area contributed by atoms with E-state index in [0.29, 0.717) is 18.1 Å². The van der Waals surface area contributed by atoms with Crippen LogP contribution >= 0.6 is 15.9 Å². The summed E-state index contributed by atoms with van der Waals surface area (Å²) in [7, 11) is -2.93. The molecule has 8 heteroatoms. The molecule has 1 unspecified atom stereocenters. The summed E-state index contributed by atoms with van der Waals surface area (Å²) in [5, 5.41) is 5.99. The number of rotatable bonds is 6. The average molecular weight is 363 g/mol. The zero-order chi connectivity index (χ0) is 14.6. The van der Waals surface area contributed by atoms with Crippen LogP contribution in [0.5, 0.6) is 0 Å². The Kier molecular flexibility index (Phi) is 5.20. The molecule has 1 aromatic heterocycles. The van der Waals surface area contributed by atoms with Crippen LogP contribution in [0.25, 0.3) is 0 Å². The number of anilines is 2. The molecular formula is C12H19BrN4O2S. The van der Waals surface area contributed by atoms with Gasteiger partial charge in [-0.15, -0.1) is 0 Å². The Labute approximate surface area is 127 Å². The van der Waals surface area contributed by atoms with Crippen molar-refractivity contribution in [1.29, 1.82) is 0 Å². The van der Waals surface area contributed by atoms with Crippen molar-refractivity contribution in [2.24, 2.45) is 0 Å². The summed E-state index contributed by atoms with van der Waals surface area (Å²) in [5.41, 5.74) is 0. The summed E-state index contributed by atoms with van der Waals surface area (Å²) in [5.74, 6) is 1.65. The molecule has 1 fully saturated rings. The lowest BCUT2D eigenvalue weighted by molar-refractivity contribution is 0.591. The van der Waals surface area contributed by atoms with Gasteiger partial charge < -0.3 is 10.6 Å². The standard InChI is InChI=1S/C12H19BrN4O2S/c1-2-5-14-11-10(13)12(17-8-16-11)15-7-9-4-3-6-20(9,18)19/h8-9H,2-7H2,1H3,(H2,14,15,16,17). The lowest BCUT2D eigenvalue weighted by atomic mass is 10.2. The summed E-state index contributed by atoms with van der Waals surface area (Å²) in [4.78, 5) is 8.31. The van der Waals surface area contributed by atoms with Crippen molar-refractivity contribution in [1.82, 2.24) is 9.97 Å². The first-order chi connectivity index (χ1) is 9.54. The van der Waals surface area contributed by atoms with Gasteiger partial charge in [0.1, 0.15) is 22.4 Å². The third kappa shape index (κ3) is 3.60. The zero-order valence-corrected chi connectivity index (χ0v) is 13.8. The minimum absolute atomic E-state index is 0.299. The molecule has 1 aromatic rings. The van der Waals surface area contributed by atoms with Gasteiger partial charge in [-0.2, -0.15) is 0 Å². The van der Waals surface area contributed by atoms with E-state index in [9.17, 15) is 8.42 Å². The third-order valence-corrected chi connectivity index (χ3v) is 6.32. The van der Waals surface area contributed by atoms with Crippen LogP contribution in [0, 0.1) is 0 Å². The highest BCUT2D eigenvalue weighted by Crippen LogP contribution is 2.27. The molecule has 1 saturated heterocycles. The molecule has 0 spiro atoms. The topological polar surface area (TPSA) is 84.0 Å². The van der Waals surface area contributed by atoms with Gasteiger partial charge in [-0.3, -0.25) is 0 Å². The van der Waals surface area contributed by atoms with Crippen molar-refractivity contribution >= 4 is 37.4 Å². The molecule has 2 heterocycles. The second kappa shape index (κ2) is 6.71. The highest BCUT2D eigenvalue weighted by Gasteiger charge is 2.31. The molecule has 1 aliphatic rings. The van der Waals surface area contributed by atoms with E-state index in [0.717, 1.165) is 36.1 Å². The van der Waals surface area contributed by atoms with Crippen LogP contribution in [-0.2, 0) is 9.84 Å². The lowest BCUT2D eigenvalue weighted by Crippen LogP contribution is -2.25. The minimum atomic E-state index is -2.93. The molecule has 0 aromatic carbocycles. The first-order valence-electron chi connectivity index (χ1n) is 6.74. The number of halogens is 1. The number of sulfone groups is 1. The number of hydrogen-bond donors (Lipinski definition) is 2. The quantitative estimate of drug-likeness (QED) is 0.805. The van der Waals surface area contributed by atoms with Gasteiger partial charge >= 0.3 is 0 Å². The Bertz CT molecular complexity index is 565. The zero-order valence-electron chi connectivity index (χ0n) is 11.4. The van der Waals surface area contributed by atoms with Gasteiger partial charge in [0.25, 0.3) is 0 Å². The van der Waals surface area contributed by atoms with Crippen molar-refractivity contribution in [3.8, 4) is 0 Å². The second-order valence-corrected chi connectivity index (χ2v) is 8.02. The van der Waals surface area contributed by atoms with Gasteiger partial charge in [0.15, 0.2) is 9.84 Å². The Morgan fingerprint density at radius 3 is 2.65 bits per heavy atom. The van der Waals surface area contributed by atoms with Gasteiger partial charge in [-0.05, 0) is 35.2 Å². The van der Waals surface area contributed by atoms with E-state index in [1.807, 2.05) is 0 Å². The molecule has 0 amide bonds. The van der Waals surface area contributed by atoms with Crippen LogP contribution in [0.1, 0.15) is 26.2 Å². The van der Waals surface area contributed by atoms with Crippen LogP contribution < -0.4 is 10.6 Å². The van der Waals surface area contributed by atoms with Crippen LogP contribution in [-0.4, -0.2) is 42.5 Å². The number of aromatic nitrogens is 2. The van der Waals surface area contributed by atoms with Crippen LogP contribution in [0.2, 0.25) is 0 Å². The molecule has 20 heavy (non-hydrogen) atoms. The van der Waals surface area contributed by atoms with E-state index in [1.165, 1.54) is 6.33 Å². The Morgan fingerprint density at radius 1 is 1.35 bits per heavy atom. The Hall–Kier alpha value is -0.890. The predicted octanol–water partition coefficient (Wildman–Crippen LogP) is 2.05. The normalized spacial score (nSPS) is 20.8. The SMILES string of the molecule is CCCNc1ncnc(NCC2CCCS2(=O)=O)c1Br. The van der Waals surface area contributed by atoms with E-state index < -0.39 is 9.84 Å². The highest BCUT2D eigenvalue weighted by molar-refractivity contribution is 9.10. The smallest absolute Gasteiger partial charge is 0.154 e. The van der Waals surface area contributed by atoms with E-state index >= 15 is 0 Å². The van der Waals surface area contributed by atoms with Gasteiger partial charge in [0.05, 0.1) is 11.0 Å². The van der Waals surface area contributed by atoms with Gasteiger partial charge in [0, 0.05) is 13.1 Å².